The number of esters is 1. The van der Waals surface area contributed by atoms with Crippen LogP contribution in [0.1, 0.15) is 21.7 Å². The largest absolute Gasteiger partial charge is 0.456 e. The summed E-state index contributed by atoms with van der Waals surface area (Å²) in [4.78, 5) is 17.3. The third kappa shape index (κ3) is 3.47. The number of carbonyl (C=O) groups excluding carboxylic acids is 1. The summed E-state index contributed by atoms with van der Waals surface area (Å²) in [6, 6.07) is 23.0. The van der Waals surface area contributed by atoms with Crippen LogP contribution >= 0.6 is 0 Å². The van der Waals surface area contributed by atoms with Crippen molar-refractivity contribution in [3.63, 3.8) is 0 Å². The van der Waals surface area contributed by atoms with Crippen LogP contribution in [0.25, 0.3) is 22.9 Å². The van der Waals surface area contributed by atoms with Crippen molar-refractivity contribution in [2.24, 2.45) is 7.05 Å². The molecule has 0 aliphatic carbocycles. The zero-order chi connectivity index (χ0) is 19.5. The Morgan fingerprint density at radius 1 is 1.00 bits per heavy atom. The van der Waals surface area contributed by atoms with Crippen molar-refractivity contribution < 1.29 is 13.9 Å². The first-order chi connectivity index (χ1) is 13.6. The molecular formula is C23H20N2O3. The third-order valence-electron chi connectivity index (χ3n) is 4.66. The molecule has 5 heteroatoms. The molecule has 0 amide bonds. The predicted molar refractivity (Wildman–Crippen MR) is 107 cm³/mol. The lowest BCUT2D eigenvalue weighted by atomic mass is 10.2. The van der Waals surface area contributed by atoms with Gasteiger partial charge in [-0.05, 0) is 36.8 Å². The number of rotatable bonds is 5. The Hall–Kier alpha value is -3.60. The summed E-state index contributed by atoms with van der Waals surface area (Å²) in [7, 11) is 1.93. The lowest BCUT2D eigenvalue weighted by Gasteiger charge is -2.05. The van der Waals surface area contributed by atoms with Crippen LogP contribution in [0.15, 0.2) is 77.2 Å². The van der Waals surface area contributed by atoms with E-state index in [1.165, 1.54) is 0 Å². The molecule has 0 spiro atoms. The summed E-state index contributed by atoms with van der Waals surface area (Å²) in [5.41, 5.74) is 3.72. The van der Waals surface area contributed by atoms with Crippen molar-refractivity contribution in [1.82, 2.24) is 9.55 Å². The minimum Gasteiger partial charge on any atom is -0.456 e. The van der Waals surface area contributed by atoms with E-state index in [0.717, 1.165) is 22.5 Å². The second kappa shape index (κ2) is 7.56. The monoisotopic (exact) mass is 372 g/mol. The maximum Gasteiger partial charge on any atom is 0.361 e. The minimum atomic E-state index is -0.511. The van der Waals surface area contributed by atoms with E-state index in [-0.39, 0.29) is 12.3 Å². The molecule has 0 atom stereocenters. The van der Waals surface area contributed by atoms with Crippen molar-refractivity contribution in [3.05, 3.63) is 89.7 Å². The highest BCUT2D eigenvalue weighted by molar-refractivity contribution is 5.94. The van der Waals surface area contributed by atoms with Crippen molar-refractivity contribution in [3.8, 4) is 22.9 Å². The van der Waals surface area contributed by atoms with Gasteiger partial charge in [0, 0.05) is 18.3 Å². The van der Waals surface area contributed by atoms with Crippen LogP contribution in [-0.4, -0.2) is 15.5 Å². The molecule has 0 radical (unpaired) electrons. The number of nitrogens with zero attached hydrogens (tertiary/aromatic N) is 2. The molecule has 4 aromatic rings. The number of carbonyl (C=O) groups is 1. The Bertz CT molecular complexity index is 1100. The number of hydrogen-bond acceptors (Lipinski definition) is 4. The molecule has 0 N–H and O–H groups in total. The van der Waals surface area contributed by atoms with Gasteiger partial charge in [-0.15, -0.1) is 0 Å². The van der Waals surface area contributed by atoms with Crippen molar-refractivity contribution >= 4 is 5.97 Å². The smallest absolute Gasteiger partial charge is 0.361 e. The van der Waals surface area contributed by atoms with E-state index in [4.69, 9.17) is 9.15 Å². The van der Waals surface area contributed by atoms with Gasteiger partial charge < -0.3 is 13.7 Å². The predicted octanol–water partition coefficient (Wildman–Crippen LogP) is 5.01. The third-order valence-corrected chi connectivity index (χ3v) is 4.66. The normalized spacial score (nSPS) is 10.8. The summed E-state index contributed by atoms with van der Waals surface area (Å²) in [5, 5.41) is 0. The number of aryl methyl sites for hydroxylation is 1. The number of benzene rings is 2. The van der Waals surface area contributed by atoms with Gasteiger partial charge in [-0.1, -0.05) is 48.5 Å². The lowest BCUT2D eigenvalue weighted by Crippen LogP contribution is -2.08. The molecule has 0 fully saturated rings. The molecule has 0 unspecified atom stereocenters. The van der Waals surface area contributed by atoms with Crippen LogP contribution in [0.2, 0.25) is 0 Å². The van der Waals surface area contributed by atoms with E-state index in [9.17, 15) is 4.79 Å². The highest BCUT2D eigenvalue weighted by Gasteiger charge is 2.25. The van der Waals surface area contributed by atoms with Crippen LogP contribution in [0.4, 0.5) is 0 Å². The fraction of sp³-hybridized carbons (Fsp3) is 0.130. The average Bonchev–Trinajstić information content (AvgIpc) is 3.32. The Morgan fingerprint density at radius 2 is 1.68 bits per heavy atom. The molecule has 2 aromatic heterocycles. The Balaban J connectivity index is 1.71. The Morgan fingerprint density at radius 3 is 2.32 bits per heavy atom. The average molecular weight is 372 g/mol. The molecule has 0 aliphatic rings. The second-order valence-corrected chi connectivity index (χ2v) is 6.54. The van der Waals surface area contributed by atoms with E-state index < -0.39 is 5.97 Å². The summed E-state index contributed by atoms with van der Waals surface area (Å²) >= 11 is 0. The van der Waals surface area contributed by atoms with E-state index in [1.807, 2.05) is 91.3 Å². The minimum absolute atomic E-state index is 0.177. The van der Waals surface area contributed by atoms with Crippen molar-refractivity contribution in [1.29, 1.82) is 0 Å². The summed E-state index contributed by atoms with van der Waals surface area (Å²) in [5.74, 6) is 0.289. The molecular weight excluding hydrogens is 352 g/mol. The van der Waals surface area contributed by atoms with Crippen LogP contribution in [0.5, 0.6) is 0 Å². The molecule has 28 heavy (non-hydrogen) atoms. The molecule has 0 saturated carbocycles. The number of ether oxygens (including phenoxy) is 1. The molecule has 0 saturated heterocycles. The van der Waals surface area contributed by atoms with Gasteiger partial charge >= 0.3 is 5.97 Å². The first kappa shape index (κ1) is 17.8. The maximum atomic E-state index is 12.8. The molecule has 4 rings (SSSR count). The fourth-order valence-electron chi connectivity index (χ4n) is 2.97. The summed E-state index contributed by atoms with van der Waals surface area (Å²) < 4.78 is 13.5. The lowest BCUT2D eigenvalue weighted by molar-refractivity contribution is 0.0467. The fourth-order valence-corrected chi connectivity index (χ4v) is 2.97. The molecule has 0 bridgehead atoms. The zero-order valence-electron chi connectivity index (χ0n) is 15.8. The quantitative estimate of drug-likeness (QED) is 0.462. The molecule has 2 heterocycles. The highest BCUT2D eigenvalue weighted by Crippen LogP contribution is 2.31. The van der Waals surface area contributed by atoms with Gasteiger partial charge in [0.2, 0.25) is 5.89 Å². The first-order valence-corrected chi connectivity index (χ1v) is 9.03. The van der Waals surface area contributed by atoms with Gasteiger partial charge in [0.1, 0.15) is 6.61 Å². The van der Waals surface area contributed by atoms with E-state index in [0.29, 0.717) is 11.7 Å². The Labute approximate surface area is 163 Å². The van der Waals surface area contributed by atoms with Crippen molar-refractivity contribution in [2.45, 2.75) is 13.5 Å². The van der Waals surface area contributed by atoms with Gasteiger partial charge in [0.25, 0.3) is 0 Å². The zero-order valence-corrected chi connectivity index (χ0v) is 15.8. The van der Waals surface area contributed by atoms with Gasteiger partial charge in [-0.25, -0.2) is 9.78 Å². The highest BCUT2D eigenvalue weighted by atomic mass is 16.5. The summed E-state index contributed by atoms with van der Waals surface area (Å²) in [6.45, 7) is 2.17. The number of hydrogen-bond donors (Lipinski definition) is 0. The van der Waals surface area contributed by atoms with Crippen molar-refractivity contribution in [2.75, 3.05) is 0 Å². The van der Waals surface area contributed by atoms with Crippen LogP contribution in [0, 0.1) is 6.92 Å². The Kier molecular flexibility index (Phi) is 4.81. The SMILES string of the molecule is Cc1ccc(-c2oc(-c3ccccc3)nc2C(=O)OCc2ccccc2)n1C. The standard InChI is InChI=1S/C23H20N2O3/c1-16-13-14-19(25(16)2)21-20(23(26)27-15-17-9-5-3-6-10-17)24-22(28-21)18-11-7-4-8-12-18/h3-14H,15H2,1-2H3. The summed E-state index contributed by atoms with van der Waals surface area (Å²) in [6.07, 6.45) is 0. The van der Waals surface area contributed by atoms with Gasteiger partial charge in [-0.3, -0.25) is 0 Å². The number of oxazole rings is 1. The van der Waals surface area contributed by atoms with E-state index >= 15 is 0 Å². The second-order valence-electron chi connectivity index (χ2n) is 6.54. The first-order valence-electron chi connectivity index (χ1n) is 9.03. The van der Waals surface area contributed by atoms with Crippen LogP contribution < -0.4 is 0 Å². The van der Waals surface area contributed by atoms with E-state index in [1.54, 1.807) is 0 Å². The van der Waals surface area contributed by atoms with Gasteiger partial charge in [0.05, 0.1) is 5.69 Å². The topological polar surface area (TPSA) is 57.3 Å². The molecule has 0 aliphatic heterocycles. The molecule has 5 nitrogen and oxygen atoms in total. The molecule has 2 aromatic carbocycles. The number of aromatic nitrogens is 2. The van der Waals surface area contributed by atoms with Crippen LogP contribution in [0.3, 0.4) is 0 Å². The molecule has 140 valence electrons. The van der Waals surface area contributed by atoms with Crippen LogP contribution in [-0.2, 0) is 18.4 Å². The van der Waals surface area contributed by atoms with Gasteiger partial charge in [-0.2, -0.15) is 0 Å². The van der Waals surface area contributed by atoms with E-state index in [2.05, 4.69) is 4.98 Å². The maximum absolute atomic E-state index is 12.8. The van der Waals surface area contributed by atoms with Gasteiger partial charge in [0.15, 0.2) is 11.5 Å².